The molecule has 6 rings (SSSR count). The number of nitrogens with zero attached hydrogens (tertiary/aromatic N) is 5. The molecule has 8 heteroatoms. The molecule has 5 aromatic rings. The molecule has 1 aliphatic carbocycles. The van der Waals surface area contributed by atoms with Gasteiger partial charge in [-0.25, -0.2) is 23.5 Å². The maximum absolute atomic E-state index is 14.2. The minimum absolute atomic E-state index is 0.223. The minimum Gasteiger partial charge on any atom is -0.462 e. The van der Waals surface area contributed by atoms with Crippen molar-refractivity contribution in [2.75, 3.05) is 6.61 Å². The average molecular weight is 518 g/mol. The summed E-state index contributed by atoms with van der Waals surface area (Å²) in [5.41, 5.74) is 4.39. The molecule has 0 saturated carbocycles. The molecule has 0 unspecified atom stereocenters. The molecule has 0 aliphatic heterocycles. The van der Waals surface area contributed by atoms with Crippen molar-refractivity contribution in [3.8, 4) is 16.8 Å². The van der Waals surface area contributed by atoms with Crippen molar-refractivity contribution in [1.82, 2.24) is 24.1 Å². The fourth-order valence-electron chi connectivity index (χ4n) is 5.18. The van der Waals surface area contributed by atoms with Crippen LogP contribution in [0.5, 0.6) is 0 Å². The van der Waals surface area contributed by atoms with E-state index in [-0.39, 0.29) is 12.3 Å². The van der Waals surface area contributed by atoms with Crippen LogP contribution in [0.4, 0.5) is 0 Å². The van der Waals surface area contributed by atoms with Gasteiger partial charge in [-0.3, -0.25) is 0 Å². The molecule has 194 valence electrons. The summed E-state index contributed by atoms with van der Waals surface area (Å²) in [6.45, 7) is 3.76. The Balaban J connectivity index is 1.79. The lowest BCUT2D eigenvalue weighted by atomic mass is 9.95. The summed E-state index contributed by atoms with van der Waals surface area (Å²) in [6, 6.07) is 19.0. The number of aryl methyl sites for hydroxylation is 1. The smallest absolute Gasteiger partial charge is 0.341 e. The highest BCUT2D eigenvalue weighted by Crippen LogP contribution is 2.36. The maximum Gasteiger partial charge on any atom is 0.341 e. The third-order valence-corrected chi connectivity index (χ3v) is 6.90. The van der Waals surface area contributed by atoms with Gasteiger partial charge in [-0.2, -0.15) is 0 Å². The normalized spacial score (nSPS) is 13.1. The van der Waals surface area contributed by atoms with Crippen molar-refractivity contribution in [1.29, 1.82) is 0 Å². The summed E-state index contributed by atoms with van der Waals surface area (Å²) in [5.74, 6) is 0.0488. The van der Waals surface area contributed by atoms with Crippen molar-refractivity contribution < 1.29 is 9.53 Å². The molecule has 0 amide bonds. The monoisotopic (exact) mass is 517 g/mol. The number of rotatable bonds is 6. The molecule has 3 heterocycles. The van der Waals surface area contributed by atoms with E-state index in [9.17, 15) is 9.59 Å². The number of carbonyl (C=O) groups is 1. The number of pyridine rings is 1. The predicted molar refractivity (Wildman–Crippen MR) is 150 cm³/mol. The van der Waals surface area contributed by atoms with Crippen LogP contribution in [0, 0.1) is 6.92 Å². The van der Waals surface area contributed by atoms with Crippen LogP contribution in [0.3, 0.4) is 0 Å². The molecule has 2 aromatic carbocycles. The van der Waals surface area contributed by atoms with Crippen molar-refractivity contribution in [3.05, 3.63) is 112 Å². The first kappa shape index (κ1) is 24.5. The zero-order chi connectivity index (χ0) is 26.9. The molecule has 0 bridgehead atoms. The number of esters is 1. The SMILES string of the molecule is CCOC(=O)c1c(C)nc2c(c1-c1ccccc1)c1nnc(CC3=CCCC=C3)n1c(=O)n2-c1ccccc1. The van der Waals surface area contributed by atoms with E-state index in [4.69, 9.17) is 9.72 Å². The van der Waals surface area contributed by atoms with Crippen molar-refractivity contribution in [3.63, 3.8) is 0 Å². The van der Waals surface area contributed by atoms with E-state index in [0.717, 1.165) is 24.0 Å². The van der Waals surface area contributed by atoms with Crippen LogP contribution in [-0.4, -0.2) is 36.7 Å². The van der Waals surface area contributed by atoms with Crippen LogP contribution in [0.15, 0.2) is 89.3 Å². The lowest BCUT2D eigenvalue weighted by molar-refractivity contribution is 0.0526. The van der Waals surface area contributed by atoms with Gasteiger partial charge in [-0.15, -0.1) is 10.2 Å². The molecular weight excluding hydrogens is 490 g/mol. The highest BCUT2D eigenvalue weighted by molar-refractivity contribution is 6.11. The number of para-hydroxylation sites is 1. The van der Waals surface area contributed by atoms with Gasteiger partial charge >= 0.3 is 11.7 Å². The number of aromatic nitrogens is 5. The average Bonchev–Trinajstić information content (AvgIpc) is 3.38. The van der Waals surface area contributed by atoms with E-state index >= 15 is 0 Å². The fraction of sp³-hybridized carbons (Fsp3) is 0.194. The first-order chi connectivity index (χ1) is 19.1. The quantitative estimate of drug-likeness (QED) is 0.280. The van der Waals surface area contributed by atoms with Crippen molar-refractivity contribution in [2.24, 2.45) is 0 Å². The minimum atomic E-state index is -0.476. The molecule has 0 N–H and O–H groups in total. The Morgan fingerprint density at radius 3 is 2.41 bits per heavy atom. The first-order valence-electron chi connectivity index (χ1n) is 13.0. The number of ether oxygens (including phenoxy) is 1. The Labute approximate surface area is 224 Å². The number of hydrogen-bond acceptors (Lipinski definition) is 6. The van der Waals surface area contributed by atoms with Crippen molar-refractivity contribution >= 4 is 22.6 Å². The fourth-order valence-corrected chi connectivity index (χ4v) is 5.18. The van der Waals surface area contributed by atoms with Crippen LogP contribution in [0.1, 0.15) is 41.6 Å². The molecule has 0 fully saturated rings. The summed E-state index contributed by atoms with van der Waals surface area (Å²) >= 11 is 0. The number of carbonyl (C=O) groups excluding carboxylic acids is 1. The maximum atomic E-state index is 14.2. The summed E-state index contributed by atoms with van der Waals surface area (Å²) in [6.07, 6.45) is 8.76. The zero-order valence-corrected chi connectivity index (χ0v) is 21.8. The number of fused-ring (bicyclic) bond motifs is 3. The molecule has 3 aromatic heterocycles. The molecule has 0 atom stereocenters. The highest BCUT2D eigenvalue weighted by atomic mass is 16.5. The van der Waals surface area contributed by atoms with Gasteiger partial charge in [0, 0.05) is 12.0 Å². The van der Waals surface area contributed by atoms with Crippen LogP contribution in [0.2, 0.25) is 0 Å². The van der Waals surface area contributed by atoms with Crippen LogP contribution < -0.4 is 5.69 Å². The second kappa shape index (κ2) is 10.1. The van der Waals surface area contributed by atoms with E-state index in [1.807, 2.05) is 60.7 Å². The molecule has 8 nitrogen and oxygen atoms in total. The third-order valence-electron chi connectivity index (χ3n) is 6.90. The Morgan fingerprint density at radius 1 is 0.974 bits per heavy atom. The number of allylic oxidation sites excluding steroid dienone is 4. The molecule has 1 aliphatic rings. The summed E-state index contributed by atoms with van der Waals surface area (Å²) in [7, 11) is 0. The zero-order valence-electron chi connectivity index (χ0n) is 21.8. The van der Waals surface area contributed by atoms with E-state index < -0.39 is 5.97 Å². The number of hydrogen-bond donors (Lipinski definition) is 0. The van der Waals surface area contributed by atoms with Crippen LogP contribution in [0.25, 0.3) is 33.5 Å². The lowest BCUT2D eigenvalue weighted by Crippen LogP contribution is -2.28. The van der Waals surface area contributed by atoms with Gasteiger partial charge in [0.05, 0.1) is 28.9 Å². The summed E-state index contributed by atoms with van der Waals surface area (Å²) in [5, 5.41) is 9.57. The van der Waals surface area contributed by atoms with Crippen LogP contribution in [-0.2, 0) is 11.2 Å². The van der Waals surface area contributed by atoms with Gasteiger partial charge in [-0.05, 0) is 50.0 Å². The van der Waals surface area contributed by atoms with Gasteiger partial charge in [-0.1, -0.05) is 66.8 Å². The predicted octanol–water partition coefficient (Wildman–Crippen LogP) is 5.40. The Hall–Kier alpha value is -4.85. The molecule has 0 radical (unpaired) electrons. The first-order valence-corrected chi connectivity index (χ1v) is 13.0. The van der Waals surface area contributed by atoms with Gasteiger partial charge in [0.1, 0.15) is 5.82 Å². The molecule has 0 saturated heterocycles. The largest absolute Gasteiger partial charge is 0.462 e. The van der Waals surface area contributed by atoms with Gasteiger partial charge in [0.15, 0.2) is 11.3 Å². The summed E-state index contributed by atoms with van der Waals surface area (Å²) in [4.78, 5) is 32.4. The molecule has 39 heavy (non-hydrogen) atoms. The van der Waals surface area contributed by atoms with E-state index in [1.54, 1.807) is 22.8 Å². The standard InChI is InChI=1S/C31H27N5O3/c1-3-39-30(37)25-20(2)32-28-27(26(25)22-15-9-5-10-16-22)29-34-33-24(19-21-13-7-4-8-14-21)36(29)31(38)35(28)23-17-11-6-12-18-23/h5-7,9-18H,3-4,8,19H2,1-2H3. The highest BCUT2D eigenvalue weighted by Gasteiger charge is 2.28. The lowest BCUT2D eigenvalue weighted by Gasteiger charge is -2.18. The van der Waals surface area contributed by atoms with Gasteiger partial charge in [0.2, 0.25) is 0 Å². The Kier molecular flexibility index (Phi) is 6.36. The van der Waals surface area contributed by atoms with E-state index in [2.05, 4.69) is 28.4 Å². The Bertz CT molecular complexity index is 1830. The van der Waals surface area contributed by atoms with E-state index in [1.165, 1.54) is 0 Å². The van der Waals surface area contributed by atoms with E-state index in [0.29, 0.717) is 51.4 Å². The second-order valence-corrected chi connectivity index (χ2v) is 9.40. The summed E-state index contributed by atoms with van der Waals surface area (Å²) < 4.78 is 8.60. The van der Waals surface area contributed by atoms with Gasteiger partial charge < -0.3 is 4.74 Å². The molecule has 0 spiro atoms. The number of benzene rings is 2. The van der Waals surface area contributed by atoms with Crippen LogP contribution >= 0.6 is 0 Å². The topological polar surface area (TPSA) is 91.4 Å². The van der Waals surface area contributed by atoms with Crippen molar-refractivity contribution in [2.45, 2.75) is 33.1 Å². The third kappa shape index (κ3) is 4.24. The molecular formula is C31H27N5O3. The van der Waals surface area contributed by atoms with Gasteiger partial charge in [0.25, 0.3) is 0 Å². The second-order valence-electron chi connectivity index (χ2n) is 9.40. The Morgan fingerprint density at radius 2 is 1.72 bits per heavy atom.